The fourth-order valence-corrected chi connectivity index (χ4v) is 4.35. The molecule has 0 saturated heterocycles. The number of nitrogens with one attached hydrogen (secondary N) is 1. The Morgan fingerprint density at radius 3 is 2.88 bits per heavy atom. The molecule has 4 rings (SSSR count). The second-order valence-electron chi connectivity index (χ2n) is 5.63. The van der Waals surface area contributed by atoms with Crippen LogP contribution in [0.4, 0.5) is 5.69 Å². The van der Waals surface area contributed by atoms with E-state index in [1.165, 1.54) is 0 Å². The summed E-state index contributed by atoms with van der Waals surface area (Å²) < 4.78 is 0. The Hall–Kier alpha value is -2.57. The Morgan fingerprint density at radius 1 is 1.16 bits per heavy atom. The SMILES string of the molecule is Cc1c(NC(=O)Cc2cccs2)cccc1-c1nc2cccnc2s1. The first kappa shape index (κ1) is 15.9. The lowest BCUT2D eigenvalue weighted by molar-refractivity contribution is -0.115. The lowest BCUT2D eigenvalue weighted by Gasteiger charge is -2.11. The minimum atomic E-state index is -0.00586. The van der Waals surface area contributed by atoms with Crippen LogP contribution in [0.1, 0.15) is 10.4 Å². The predicted molar refractivity (Wildman–Crippen MR) is 104 cm³/mol. The van der Waals surface area contributed by atoms with Crippen LogP contribution in [0, 0.1) is 6.92 Å². The van der Waals surface area contributed by atoms with Crippen molar-refractivity contribution in [2.75, 3.05) is 5.32 Å². The van der Waals surface area contributed by atoms with Crippen molar-refractivity contribution in [1.82, 2.24) is 9.97 Å². The molecule has 0 spiro atoms. The Labute approximate surface area is 153 Å². The molecule has 124 valence electrons. The highest BCUT2D eigenvalue weighted by Gasteiger charge is 2.13. The first-order valence-corrected chi connectivity index (χ1v) is 9.54. The summed E-state index contributed by atoms with van der Waals surface area (Å²) in [4.78, 5) is 23.3. The smallest absolute Gasteiger partial charge is 0.229 e. The number of fused-ring (bicyclic) bond motifs is 1. The molecule has 0 fully saturated rings. The molecule has 25 heavy (non-hydrogen) atoms. The van der Waals surface area contributed by atoms with Crippen molar-refractivity contribution in [1.29, 1.82) is 0 Å². The largest absolute Gasteiger partial charge is 0.326 e. The van der Waals surface area contributed by atoms with Gasteiger partial charge in [0.05, 0.1) is 6.42 Å². The van der Waals surface area contributed by atoms with Gasteiger partial charge in [0.15, 0.2) is 0 Å². The van der Waals surface area contributed by atoms with E-state index in [1.54, 1.807) is 28.9 Å². The third kappa shape index (κ3) is 3.31. The van der Waals surface area contributed by atoms with Crippen molar-refractivity contribution >= 4 is 44.6 Å². The predicted octanol–water partition coefficient (Wildman–Crippen LogP) is 4.91. The van der Waals surface area contributed by atoms with Crippen LogP contribution in [-0.4, -0.2) is 15.9 Å². The van der Waals surface area contributed by atoms with E-state index >= 15 is 0 Å². The summed E-state index contributed by atoms with van der Waals surface area (Å²) in [6.07, 6.45) is 2.17. The number of thiophene rings is 1. The molecule has 3 heterocycles. The van der Waals surface area contributed by atoms with Gasteiger partial charge < -0.3 is 5.32 Å². The Kier molecular flexibility index (Phi) is 4.29. The minimum Gasteiger partial charge on any atom is -0.326 e. The standard InChI is InChI=1S/C19H15N3OS2/c1-12-14(18-22-16-8-3-9-20-19(16)25-18)6-2-7-15(12)21-17(23)11-13-5-4-10-24-13/h2-10H,11H2,1H3,(H,21,23). The summed E-state index contributed by atoms with van der Waals surface area (Å²) in [6.45, 7) is 2.01. The van der Waals surface area contributed by atoms with Crippen molar-refractivity contribution in [2.24, 2.45) is 0 Å². The number of nitrogens with zero attached hydrogens (tertiary/aromatic N) is 2. The highest BCUT2D eigenvalue weighted by Crippen LogP contribution is 2.33. The summed E-state index contributed by atoms with van der Waals surface area (Å²) in [5.41, 5.74) is 3.76. The molecule has 4 aromatic rings. The Morgan fingerprint density at radius 2 is 2.08 bits per heavy atom. The second-order valence-corrected chi connectivity index (χ2v) is 7.64. The average molecular weight is 365 g/mol. The topological polar surface area (TPSA) is 54.9 Å². The number of carbonyl (C=O) groups excluding carboxylic acids is 1. The highest BCUT2D eigenvalue weighted by molar-refractivity contribution is 7.21. The van der Waals surface area contributed by atoms with Crippen LogP contribution in [0.3, 0.4) is 0 Å². The molecule has 3 aromatic heterocycles. The van der Waals surface area contributed by atoms with E-state index in [0.717, 1.165) is 37.0 Å². The molecule has 0 aliphatic carbocycles. The van der Waals surface area contributed by atoms with E-state index in [2.05, 4.69) is 15.3 Å². The fourth-order valence-electron chi connectivity index (χ4n) is 2.65. The van der Waals surface area contributed by atoms with Crippen LogP contribution < -0.4 is 5.32 Å². The van der Waals surface area contributed by atoms with Gasteiger partial charge in [-0.2, -0.15) is 0 Å². The summed E-state index contributed by atoms with van der Waals surface area (Å²) >= 11 is 3.15. The summed E-state index contributed by atoms with van der Waals surface area (Å²) in [7, 11) is 0. The van der Waals surface area contributed by atoms with Gasteiger partial charge in [0.2, 0.25) is 5.91 Å². The lowest BCUT2D eigenvalue weighted by Crippen LogP contribution is -2.14. The molecule has 0 saturated carbocycles. The molecule has 0 aliphatic rings. The number of carbonyl (C=O) groups is 1. The fraction of sp³-hybridized carbons (Fsp3) is 0.105. The van der Waals surface area contributed by atoms with Crippen LogP contribution >= 0.6 is 22.7 Å². The van der Waals surface area contributed by atoms with Gasteiger partial charge in [0, 0.05) is 22.3 Å². The quantitative estimate of drug-likeness (QED) is 0.559. The molecule has 0 atom stereocenters. The Balaban J connectivity index is 1.62. The zero-order chi connectivity index (χ0) is 17.2. The first-order chi connectivity index (χ1) is 12.2. The van der Waals surface area contributed by atoms with Gasteiger partial charge >= 0.3 is 0 Å². The van der Waals surface area contributed by atoms with Crippen molar-refractivity contribution in [3.63, 3.8) is 0 Å². The summed E-state index contributed by atoms with van der Waals surface area (Å²) in [5, 5.41) is 5.92. The lowest BCUT2D eigenvalue weighted by atomic mass is 10.1. The van der Waals surface area contributed by atoms with Gasteiger partial charge in [-0.25, -0.2) is 9.97 Å². The number of aromatic nitrogens is 2. The average Bonchev–Trinajstić information content (AvgIpc) is 3.25. The minimum absolute atomic E-state index is 0.00586. The molecule has 4 nitrogen and oxygen atoms in total. The van der Waals surface area contributed by atoms with Crippen molar-refractivity contribution in [3.05, 3.63) is 64.5 Å². The van der Waals surface area contributed by atoms with Crippen LogP contribution in [0.2, 0.25) is 0 Å². The number of hydrogen-bond donors (Lipinski definition) is 1. The number of thiazole rings is 1. The van der Waals surface area contributed by atoms with E-state index < -0.39 is 0 Å². The molecule has 1 aromatic carbocycles. The highest BCUT2D eigenvalue weighted by atomic mass is 32.1. The van der Waals surface area contributed by atoms with Crippen LogP contribution in [0.25, 0.3) is 20.9 Å². The molecule has 1 amide bonds. The number of hydrogen-bond acceptors (Lipinski definition) is 5. The molecule has 0 aliphatic heterocycles. The third-order valence-corrected chi connectivity index (χ3v) is 5.81. The van der Waals surface area contributed by atoms with E-state index in [1.807, 2.05) is 54.8 Å². The van der Waals surface area contributed by atoms with E-state index in [9.17, 15) is 4.79 Å². The van der Waals surface area contributed by atoms with Gasteiger partial charge in [-0.1, -0.05) is 29.5 Å². The monoisotopic (exact) mass is 365 g/mol. The van der Waals surface area contributed by atoms with Crippen molar-refractivity contribution < 1.29 is 4.79 Å². The maximum atomic E-state index is 12.3. The van der Waals surface area contributed by atoms with Gasteiger partial charge in [0.25, 0.3) is 0 Å². The zero-order valence-corrected chi connectivity index (χ0v) is 15.2. The molecule has 0 unspecified atom stereocenters. The maximum Gasteiger partial charge on any atom is 0.229 e. The van der Waals surface area contributed by atoms with Gasteiger partial charge in [-0.15, -0.1) is 11.3 Å². The van der Waals surface area contributed by atoms with Gasteiger partial charge in [-0.05, 0) is 42.1 Å². The normalized spacial score (nSPS) is 10.9. The van der Waals surface area contributed by atoms with E-state index in [-0.39, 0.29) is 5.91 Å². The number of anilines is 1. The summed E-state index contributed by atoms with van der Waals surface area (Å²) in [5.74, 6) is -0.00586. The summed E-state index contributed by atoms with van der Waals surface area (Å²) in [6, 6.07) is 13.7. The van der Waals surface area contributed by atoms with Crippen molar-refractivity contribution in [2.45, 2.75) is 13.3 Å². The maximum absolute atomic E-state index is 12.3. The van der Waals surface area contributed by atoms with Crippen LogP contribution in [0.15, 0.2) is 54.0 Å². The molecule has 1 N–H and O–H groups in total. The molecule has 0 radical (unpaired) electrons. The van der Waals surface area contributed by atoms with Gasteiger partial charge in [-0.3, -0.25) is 4.79 Å². The molecular weight excluding hydrogens is 350 g/mol. The first-order valence-electron chi connectivity index (χ1n) is 7.84. The number of pyridine rings is 1. The number of amides is 1. The zero-order valence-electron chi connectivity index (χ0n) is 13.5. The molecular formula is C19H15N3OS2. The molecule has 6 heteroatoms. The van der Waals surface area contributed by atoms with Crippen molar-refractivity contribution in [3.8, 4) is 10.6 Å². The third-order valence-electron chi connectivity index (χ3n) is 3.92. The Bertz CT molecular complexity index is 1000. The van der Waals surface area contributed by atoms with E-state index in [4.69, 9.17) is 0 Å². The van der Waals surface area contributed by atoms with E-state index in [0.29, 0.717) is 6.42 Å². The molecule has 0 bridgehead atoms. The number of rotatable bonds is 4. The van der Waals surface area contributed by atoms with Crippen LogP contribution in [0.5, 0.6) is 0 Å². The van der Waals surface area contributed by atoms with Crippen LogP contribution in [-0.2, 0) is 11.2 Å². The second kappa shape index (κ2) is 6.74. The van der Waals surface area contributed by atoms with Gasteiger partial charge in [0.1, 0.15) is 15.4 Å². The number of benzene rings is 1.